The Kier molecular flexibility index (Phi) is 5.91. The molecule has 5 nitrogen and oxygen atoms in total. The normalized spacial score (nSPS) is 11.3. The van der Waals surface area contributed by atoms with E-state index in [1.54, 1.807) is 49.4 Å². The smallest absolute Gasteiger partial charge is 0.261 e. The number of anilines is 2. The summed E-state index contributed by atoms with van der Waals surface area (Å²) in [6.07, 6.45) is 3.14. The summed E-state index contributed by atoms with van der Waals surface area (Å²) >= 11 is 0. The molecule has 3 rings (SSSR count). The summed E-state index contributed by atoms with van der Waals surface area (Å²) in [7, 11) is -3.70. The van der Waals surface area contributed by atoms with E-state index in [4.69, 9.17) is 0 Å². The van der Waals surface area contributed by atoms with E-state index in [2.05, 4.69) is 10.0 Å². The van der Waals surface area contributed by atoms with Crippen LogP contribution in [0.3, 0.4) is 0 Å². The maximum atomic E-state index is 12.5. The van der Waals surface area contributed by atoms with Gasteiger partial charge < -0.3 is 5.32 Å². The van der Waals surface area contributed by atoms with Crippen LogP contribution in [0, 0.1) is 6.92 Å². The van der Waals surface area contributed by atoms with Crippen LogP contribution in [0.1, 0.15) is 11.1 Å². The number of sulfonamides is 1. The molecule has 2 N–H and O–H groups in total. The molecule has 0 bridgehead atoms. The van der Waals surface area contributed by atoms with Gasteiger partial charge in [0.05, 0.1) is 10.6 Å². The van der Waals surface area contributed by atoms with Gasteiger partial charge in [0.2, 0.25) is 5.91 Å². The van der Waals surface area contributed by atoms with Crippen molar-refractivity contribution >= 4 is 33.4 Å². The van der Waals surface area contributed by atoms with Crippen molar-refractivity contribution in [2.45, 2.75) is 11.8 Å². The van der Waals surface area contributed by atoms with E-state index in [0.29, 0.717) is 11.4 Å². The van der Waals surface area contributed by atoms with Gasteiger partial charge in [-0.3, -0.25) is 9.52 Å². The van der Waals surface area contributed by atoms with E-state index in [0.717, 1.165) is 11.1 Å². The third-order valence-corrected chi connectivity index (χ3v) is 5.41. The first-order chi connectivity index (χ1) is 13.4. The number of aryl methyl sites for hydroxylation is 1. The molecule has 3 aromatic carbocycles. The fourth-order valence-electron chi connectivity index (χ4n) is 2.53. The summed E-state index contributed by atoms with van der Waals surface area (Å²) in [5.41, 5.74) is 2.57. The molecule has 0 aliphatic rings. The Labute approximate surface area is 164 Å². The van der Waals surface area contributed by atoms with Crippen molar-refractivity contribution < 1.29 is 13.2 Å². The van der Waals surface area contributed by atoms with Crippen LogP contribution in [0.15, 0.2) is 89.8 Å². The van der Waals surface area contributed by atoms with Crippen LogP contribution in [-0.2, 0) is 14.8 Å². The number of nitrogens with one attached hydrogen (secondary N) is 2. The van der Waals surface area contributed by atoms with Crippen LogP contribution >= 0.6 is 0 Å². The molecular formula is C22H20N2O3S. The minimum atomic E-state index is -3.70. The van der Waals surface area contributed by atoms with Gasteiger partial charge >= 0.3 is 0 Å². The van der Waals surface area contributed by atoms with Gasteiger partial charge in [-0.25, -0.2) is 8.42 Å². The standard InChI is InChI=1S/C22H20N2O3S/c1-17-12-14-19(23-22(25)15-13-18-8-4-2-5-9-18)16-21(17)24-28(26,27)20-10-6-3-7-11-20/h2-16,24H,1H3,(H,23,25)/b15-13+. The minimum Gasteiger partial charge on any atom is -0.322 e. The van der Waals surface area contributed by atoms with Crippen LogP contribution in [0.2, 0.25) is 0 Å². The van der Waals surface area contributed by atoms with Crippen LogP contribution in [0.25, 0.3) is 6.08 Å². The van der Waals surface area contributed by atoms with E-state index in [1.807, 2.05) is 30.3 Å². The Balaban J connectivity index is 1.74. The number of rotatable bonds is 6. The molecule has 0 atom stereocenters. The summed E-state index contributed by atoms with van der Waals surface area (Å²) in [5, 5.41) is 2.74. The van der Waals surface area contributed by atoms with Gasteiger partial charge in [-0.15, -0.1) is 0 Å². The van der Waals surface area contributed by atoms with E-state index in [-0.39, 0.29) is 10.8 Å². The lowest BCUT2D eigenvalue weighted by atomic mass is 10.2. The Morgan fingerprint density at radius 3 is 2.21 bits per heavy atom. The summed E-state index contributed by atoms with van der Waals surface area (Å²) in [6.45, 7) is 1.80. The van der Waals surface area contributed by atoms with Gasteiger partial charge in [-0.1, -0.05) is 54.6 Å². The number of carbonyl (C=O) groups excluding carboxylic acids is 1. The van der Waals surface area contributed by atoms with Gasteiger partial charge in [0, 0.05) is 11.8 Å². The lowest BCUT2D eigenvalue weighted by Crippen LogP contribution is -2.14. The van der Waals surface area contributed by atoms with E-state index in [9.17, 15) is 13.2 Å². The van der Waals surface area contributed by atoms with Crippen molar-refractivity contribution in [3.63, 3.8) is 0 Å². The van der Waals surface area contributed by atoms with Crippen molar-refractivity contribution in [2.24, 2.45) is 0 Å². The molecule has 6 heteroatoms. The van der Waals surface area contributed by atoms with Crippen molar-refractivity contribution in [1.29, 1.82) is 0 Å². The highest BCUT2D eigenvalue weighted by atomic mass is 32.2. The topological polar surface area (TPSA) is 75.3 Å². The predicted molar refractivity (Wildman–Crippen MR) is 113 cm³/mol. The Bertz CT molecular complexity index is 1090. The van der Waals surface area contributed by atoms with Crippen molar-refractivity contribution in [1.82, 2.24) is 0 Å². The van der Waals surface area contributed by atoms with Crippen molar-refractivity contribution in [3.8, 4) is 0 Å². The zero-order chi connectivity index (χ0) is 20.0. The number of carbonyl (C=O) groups is 1. The quantitative estimate of drug-likeness (QED) is 0.609. The molecule has 1 amide bonds. The highest BCUT2D eigenvalue weighted by molar-refractivity contribution is 7.92. The van der Waals surface area contributed by atoms with Gasteiger partial charge in [-0.2, -0.15) is 0 Å². The minimum absolute atomic E-state index is 0.176. The van der Waals surface area contributed by atoms with Crippen LogP contribution < -0.4 is 10.0 Å². The Morgan fingerprint density at radius 1 is 0.893 bits per heavy atom. The first kappa shape index (κ1) is 19.4. The van der Waals surface area contributed by atoms with E-state index < -0.39 is 10.0 Å². The maximum absolute atomic E-state index is 12.5. The monoisotopic (exact) mass is 392 g/mol. The highest BCUT2D eigenvalue weighted by Gasteiger charge is 2.15. The molecule has 0 heterocycles. The summed E-state index contributed by atoms with van der Waals surface area (Å²) in [6, 6.07) is 22.7. The molecule has 0 saturated heterocycles. The van der Waals surface area contributed by atoms with Crippen molar-refractivity contribution in [2.75, 3.05) is 10.0 Å². The Morgan fingerprint density at radius 2 is 1.54 bits per heavy atom. The molecule has 28 heavy (non-hydrogen) atoms. The summed E-state index contributed by atoms with van der Waals surface area (Å²) < 4.78 is 27.7. The lowest BCUT2D eigenvalue weighted by Gasteiger charge is -2.12. The first-order valence-electron chi connectivity index (χ1n) is 8.67. The SMILES string of the molecule is Cc1ccc(NC(=O)/C=C/c2ccccc2)cc1NS(=O)(=O)c1ccccc1. The molecule has 0 unspecified atom stereocenters. The number of hydrogen-bond donors (Lipinski definition) is 2. The molecule has 0 fully saturated rings. The molecule has 0 saturated carbocycles. The van der Waals surface area contributed by atoms with Gasteiger partial charge in [0.15, 0.2) is 0 Å². The van der Waals surface area contributed by atoms with E-state index >= 15 is 0 Å². The second-order valence-electron chi connectivity index (χ2n) is 6.18. The molecule has 3 aromatic rings. The average Bonchev–Trinajstić information content (AvgIpc) is 2.70. The molecular weight excluding hydrogens is 372 g/mol. The number of hydrogen-bond acceptors (Lipinski definition) is 3. The molecule has 0 aliphatic carbocycles. The second-order valence-corrected chi connectivity index (χ2v) is 7.86. The molecule has 0 aromatic heterocycles. The average molecular weight is 392 g/mol. The van der Waals surface area contributed by atoms with E-state index in [1.165, 1.54) is 18.2 Å². The first-order valence-corrected chi connectivity index (χ1v) is 10.1. The number of amides is 1. The maximum Gasteiger partial charge on any atom is 0.261 e. The molecule has 142 valence electrons. The second kappa shape index (κ2) is 8.54. The fourth-order valence-corrected chi connectivity index (χ4v) is 3.68. The van der Waals surface area contributed by atoms with Crippen LogP contribution in [0.5, 0.6) is 0 Å². The summed E-state index contributed by atoms with van der Waals surface area (Å²) in [4.78, 5) is 12.3. The highest BCUT2D eigenvalue weighted by Crippen LogP contribution is 2.23. The zero-order valence-electron chi connectivity index (χ0n) is 15.3. The molecule has 0 radical (unpaired) electrons. The summed E-state index contributed by atoms with van der Waals surface area (Å²) in [5.74, 6) is -0.301. The number of benzene rings is 3. The third kappa shape index (κ3) is 5.08. The fraction of sp³-hybridized carbons (Fsp3) is 0.0455. The van der Waals surface area contributed by atoms with Crippen LogP contribution in [-0.4, -0.2) is 14.3 Å². The van der Waals surface area contributed by atoms with Crippen LogP contribution in [0.4, 0.5) is 11.4 Å². The zero-order valence-corrected chi connectivity index (χ0v) is 16.1. The van der Waals surface area contributed by atoms with Gasteiger partial charge in [-0.05, 0) is 48.4 Å². The molecule has 0 spiro atoms. The Hall–Kier alpha value is -3.38. The lowest BCUT2D eigenvalue weighted by molar-refractivity contribution is -0.111. The molecule has 0 aliphatic heterocycles. The third-order valence-electron chi connectivity index (χ3n) is 4.03. The largest absolute Gasteiger partial charge is 0.322 e. The predicted octanol–water partition coefficient (Wildman–Crippen LogP) is 4.45. The van der Waals surface area contributed by atoms with Gasteiger partial charge in [0.1, 0.15) is 0 Å². The van der Waals surface area contributed by atoms with Gasteiger partial charge in [0.25, 0.3) is 10.0 Å². The van der Waals surface area contributed by atoms with Crippen molar-refractivity contribution in [3.05, 3.63) is 96.1 Å².